The Hall–Kier alpha value is -0.740. The Morgan fingerprint density at radius 2 is 2.46 bits per heavy atom. The molecule has 0 bridgehead atoms. The van der Waals surface area contributed by atoms with Crippen LogP contribution in [0.4, 0.5) is 5.82 Å². The third-order valence-corrected chi connectivity index (χ3v) is 2.50. The summed E-state index contributed by atoms with van der Waals surface area (Å²) in [4.78, 5) is 5.35. The van der Waals surface area contributed by atoms with Crippen molar-refractivity contribution in [2.45, 2.75) is 4.90 Å². The van der Waals surface area contributed by atoms with Crippen LogP contribution in [0.25, 0.3) is 0 Å². The molecule has 0 radical (unpaired) electrons. The summed E-state index contributed by atoms with van der Waals surface area (Å²) in [6.07, 6.45) is 1.81. The topological polar surface area (TPSA) is 34.1 Å². The summed E-state index contributed by atoms with van der Waals surface area (Å²) < 4.78 is 4.97. The molecular formula is C9H14N2OS. The number of methoxy groups -OCH3 is 1. The second-order valence-electron chi connectivity index (χ2n) is 2.47. The smallest absolute Gasteiger partial charge is 0.126 e. The molecule has 0 spiro atoms. The van der Waals surface area contributed by atoms with Gasteiger partial charge in [0.05, 0.1) is 6.61 Å². The number of pyridine rings is 1. The van der Waals surface area contributed by atoms with Gasteiger partial charge < -0.3 is 10.1 Å². The fourth-order valence-corrected chi connectivity index (χ4v) is 1.72. The molecule has 1 rings (SSSR count). The van der Waals surface area contributed by atoms with Crippen molar-refractivity contribution in [2.75, 3.05) is 31.8 Å². The first-order valence-corrected chi connectivity index (χ1v) is 5.11. The lowest BCUT2D eigenvalue weighted by Crippen LogP contribution is -1.93. The van der Waals surface area contributed by atoms with Gasteiger partial charge in [-0.3, -0.25) is 0 Å². The summed E-state index contributed by atoms with van der Waals surface area (Å²) in [6, 6.07) is 4.03. The van der Waals surface area contributed by atoms with Crippen molar-refractivity contribution in [2.24, 2.45) is 0 Å². The zero-order chi connectivity index (χ0) is 9.52. The van der Waals surface area contributed by atoms with Crippen molar-refractivity contribution >= 4 is 17.6 Å². The Morgan fingerprint density at radius 1 is 1.62 bits per heavy atom. The second-order valence-corrected chi connectivity index (χ2v) is 3.64. The molecule has 0 unspecified atom stereocenters. The van der Waals surface area contributed by atoms with Crippen molar-refractivity contribution in [3.8, 4) is 0 Å². The van der Waals surface area contributed by atoms with Crippen LogP contribution in [-0.4, -0.2) is 31.5 Å². The van der Waals surface area contributed by atoms with E-state index in [2.05, 4.69) is 10.3 Å². The van der Waals surface area contributed by atoms with E-state index in [-0.39, 0.29) is 0 Å². The molecule has 1 heterocycles. The van der Waals surface area contributed by atoms with Crippen molar-refractivity contribution < 1.29 is 4.74 Å². The Labute approximate surface area is 82.9 Å². The number of rotatable bonds is 5. The molecule has 0 amide bonds. The number of hydrogen-bond acceptors (Lipinski definition) is 4. The molecule has 13 heavy (non-hydrogen) atoms. The van der Waals surface area contributed by atoms with Crippen molar-refractivity contribution in [1.82, 2.24) is 4.98 Å². The minimum absolute atomic E-state index is 0.780. The molecule has 0 aliphatic carbocycles. The van der Waals surface area contributed by atoms with Crippen LogP contribution in [0.3, 0.4) is 0 Å². The number of ether oxygens (including phenoxy) is 1. The molecular weight excluding hydrogens is 184 g/mol. The Kier molecular flexibility index (Phi) is 4.64. The van der Waals surface area contributed by atoms with Crippen molar-refractivity contribution in [3.63, 3.8) is 0 Å². The van der Waals surface area contributed by atoms with Crippen LogP contribution in [0, 0.1) is 0 Å². The van der Waals surface area contributed by atoms with Crippen LogP contribution < -0.4 is 5.32 Å². The van der Waals surface area contributed by atoms with E-state index in [4.69, 9.17) is 4.74 Å². The molecule has 1 aromatic heterocycles. The van der Waals surface area contributed by atoms with E-state index in [0.717, 1.165) is 18.2 Å². The standard InChI is InChI=1S/C9H14N2OS/c1-10-9-7-8(3-4-11-9)13-6-5-12-2/h3-4,7H,5-6H2,1-2H3,(H,10,11). The Morgan fingerprint density at radius 3 is 3.15 bits per heavy atom. The monoisotopic (exact) mass is 198 g/mol. The number of thioether (sulfide) groups is 1. The lowest BCUT2D eigenvalue weighted by molar-refractivity contribution is 0.218. The highest BCUT2D eigenvalue weighted by molar-refractivity contribution is 7.99. The highest BCUT2D eigenvalue weighted by Gasteiger charge is 1.95. The van der Waals surface area contributed by atoms with E-state index in [1.165, 1.54) is 4.90 Å². The Bertz CT molecular complexity index is 255. The highest BCUT2D eigenvalue weighted by atomic mass is 32.2. The van der Waals surface area contributed by atoms with E-state index in [1.807, 2.05) is 19.2 Å². The number of aromatic nitrogens is 1. The molecule has 72 valence electrons. The van der Waals surface area contributed by atoms with Gasteiger partial charge >= 0.3 is 0 Å². The summed E-state index contributed by atoms with van der Waals surface area (Å²) in [6.45, 7) is 0.780. The average molecular weight is 198 g/mol. The highest BCUT2D eigenvalue weighted by Crippen LogP contribution is 2.19. The first kappa shape index (κ1) is 10.3. The summed E-state index contributed by atoms with van der Waals surface area (Å²) in [5, 5.41) is 3.00. The summed E-state index contributed by atoms with van der Waals surface area (Å²) >= 11 is 1.77. The van der Waals surface area contributed by atoms with Gasteiger partial charge in [-0.05, 0) is 12.1 Å². The van der Waals surface area contributed by atoms with Gasteiger partial charge in [0.2, 0.25) is 0 Å². The summed E-state index contributed by atoms with van der Waals surface area (Å²) in [5.41, 5.74) is 0. The van der Waals surface area contributed by atoms with Gasteiger partial charge in [0.1, 0.15) is 5.82 Å². The Balaban J connectivity index is 2.46. The van der Waals surface area contributed by atoms with E-state index in [1.54, 1.807) is 25.1 Å². The minimum atomic E-state index is 0.780. The van der Waals surface area contributed by atoms with Crippen LogP contribution in [-0.2, 0) is 4.74 Å². The molecule has 0 saturated carbocycles. The zero-order valence-corrected chi connectivity index (χ0v) is 8.73. The SMILES string of the molecule is CNc1cc(SCCOC)ccn1. The fourth-order valence-electron chi connectivity index (χ4n) is 0.881. The molecule has 1 aromatic rings. The van der Waals surface area contributed by atoms with Crippen LogP contribution in [0.2, 0.25) is 0 Å². The van der Waals surface area contributed by atoms with Crippen LogP contribution in [0.15, 0.2) is 23.2 Å². The van der Waals surface area contributed by atoms with Gasteiger partial charge in [-0.2, -0.15) is 0 Å². The van der Waals surface area contributed by atoms with Crippen LogP contribution in [0.5, 0.6) is 0 Å². The molecule has 3 nitrogen and oxygen atoms in total. The molecule has 1 N–H and O–H groups in total. The van der Waals surface area contributed by atoms with Crippen LogP contribution >= 0.6 is 11.8 Å². The maximum atomic E-state index is 4.97. The number of hydrogen-bond donors (Lipinski definition) is 1. The minimum Gasteiger partial charge on any atom is -0.384 e. The number of anilines is 1. The molecule has 0 aliphatic rings. The maximum Gasteiger partial charge on any atom is 0.126 e. The van der Waals surface area contributed by atoms with Gasteiger partial charge in [-0.15, -0.1) is 11.8 Å². The fraction of sp³-hybridized carbons (Fsp3) is 0.444. The normalized spacial score (nSPS) is 10.0. The third-order valence-electron chi connectivity index (χ3n) is 1.54. The molecule has 0 aliphatic heterocycles. The molecule has 0 aromatic carbocycles. The molecule has 4 heteroatoms. The molecule has 0 atom stereocenters. The number of nitrogens with one attached hydrogen (secondary N) is 1. The number of nitrogens with zero attached hydrogens (tertiary/aromatic N) is 1. The lowest BCUT2D eigenvalue weighted by atomic mass is 10.5. The van der Waals surface area contributed by atoms with Gasteiger partial charge in [0.15, 0.2) is 0 Å². The third kappa shape index (κ3) is 3.65. The van der Waals surface area contributed by atoms with Crippen molar-refractivity contribution in [3.05, 3.63) is 18.3 Å². The molecule has 0 fully saturated rings. The van der Waals surface area contributed by atoms with Gasteiger partial charge in [-0.1, -0.05) is 0 Å². The van der Waals surface area contributed by atoms with E-state index in [9.17, 15) is 0 Å². The first-order valence-electron chi connectivity index (χ1n) is 4.12. The van der Waals surface area contributed by atoms with Gasteiger partial charge in [-0.25, -0.2) is 4.98 Å². The predicted molar refractivity (Wildman–Crippen MR) is 56.4 cm³/mol. The van der Waals surface area contributed by atoms with Gasteiger partial charge in [0, 0.05) is 31.0 Å². The quantitative estimate of drug-likeness (QED) is 0.578. The lowest BCUT2D eigenvalue weighted by Gasteiger charge is -2.02. The first-order chi connectivity index (χ1) is 6.36. The largest absolute Gasteiger partial charge is 0.384 e. The summed E-state index contributed by atoms with van der Waals surface area (Å²) in [7, 11) is 3.58. The van der Waals surface area contributed by atoms with E-state index in [0.29, 0.717) is 0 Å². The zero-order valence-electron chi connectivity index (χ0n) is 7.91. The predicted octanol–water partition coefficient (Wildman–Crippen LogP) is 1.86. The maximum absolute atomic E-state index is 4.97. The molecule has 0 saturated heterocycles. The van der Waals surface area contributed by atoms with E-state index >= 15 is 0 Å². The second kappa shape index (κ2) is 5.83. The van der Waals surface area contributed by atoms with Crippen molar-refractivity contribution in [1.29, 1.82) is 0 Å². The van der Waals surface area contributed by atoms with E-state index < -0.39 is 0 Å². The average Bonchev–Trinajstić information content (AvgIpc) is 2.19. The van der Waals surface area contributed by atoms with Crippen LogP contribution in [0.1, 0.15) is 0 Å². The van der Waals surface area contributed by atoms with Gasteiger partial charge in [0.25, 0.3) is 0 Å². The summed E-state index contributed by atoms with van der Waals surface area (Å²) in [5.74, 6) is 1.88.